The molecule has 1 rings (SSSR count). The average Bonchev–Trinajstić information content (AvgIpc) is 2.75. The molecule has 6 heteroatoms. The van der Waals surface area contributed by atoms with Crippen LogP contribution in [-0.2, 0) is 11.3 Å². The third-order valence-corrected chi connectivity index (χ3v) is 2.83. The highest BCUT2D eigenvalue weighted by molar-refractivity contribution is 5.75. The van der Waals surface area contributed by atoms with Crippen LogP contribution in [0, 0.1) is 0 Å². The normalized spacial score (nSPS) is 10.8. The smallest absolute Gasteiger partial charge is 0.241 e. The zero-order valence-corrected chi connectivity index (χ0v) is 11.2. The number of anilines is 1. The Balaban J connectivity index is 2.14. The Kier molecular flexibility index (Phi) is 6.21. The van der Waals surface area contributed by atoms with Gasteiger partial charge in [-0.15, -0.1) is 0 Å². The molecule has 0 atom stereocenters. The lowest BCUT2D eigenvalue weighted by atomic mass is 10.3. The van der Waals surface area contributed by atoms with Crippen molar-refractivity contribution in [2.45, 2.75) is 26.8 Å². The van der Waals surface area contributed by atoms with E-state index in [1.54, 1.807) is 6.20 Å². The molecule has 0 fully saturated rings. The van der Waals surface area contributed by atoms with E-state index in [-0.39, 0.29) is 12.5 Å². The summed E-state index contributed by atoms with van der Waals surface area (Å²) in [5, 5.41) is 6.84. The molecule has 0 aliphatic carbocycles. The molecule has 1 amide bonds. The van der Waals surface area contributed by atoms with Crippen molar-refractivity contribution in [1.29, 1.82) is 0 Å². The van der Waals surface area contributed by atoms with Crippen molar-refractivity contribution in [3.8, 4) is 0 Å². The monoisotopic (exact) mass is 253 g/mol. The van der Waals surface area contributed by atoms with Gasteiger partial charge in [-0.1, -0.05) is 13.8 Å². The summed E-state index contributed by atoms with van der Waals surface area (Å²) >= 11 is 0. The van der Waals surface area contributed by atoms with Crippen LogP contribution in [0.25, 0.3) is 0 Å². The van der Waals surface area contributed by atoms with E-state index in [1.807, 2.05) is 0 Å². The van der Waals surface area contributed by atoms with Crippen molar-refractivity contribution in [2.75, 3.05) is 31.9 Å². The fourth-order valence-electron chi connectivity index (χ4n) is 1.74. The largest absolute Gasteiger partial charge is 0.396 e. The van der Waals surface area contributed by atoms with Gasteiger partial charge in [-0.2, -0.15) is 5.10 Å². The van der Waals surface area contributed by atoms with E-state index >= 15 is 0 Å². The molecule has 0 aliphatic heterocycles. The number of hydrogen-bond acceptors (Lipinski definition) is 4. The second-order valence-corrected chi connectivity index (χ2v) is 4.20. The molecule has 0 bridgehead atoms. The summed E-state index contributed by atoms with van der Waals surface area (Å²) < 4.78 is 1.54. The lowest BCUT2D eigenvalue weighted by Gasteiger charge is -2.17. The highest BCUT2D eigenvalue weighted by Crippen LogP contribution is 1.97. The molecule has 102 valence electrons. The molecule has 1 aromatic rings. The van der Waals surface area contributed by atoms with Gasteiger partial charge in [-0.25, -0.2) is 0 Å². The number of nitrogens with two attached hydrogens (primary N) is 1. The summed E-state index contributed by atoms with van der Waals surface area (Å²) in [6.45, 7) is 8.33. The minimum Gasteiger partial charge on any atom is -0.396 e. The average molecular weight is 253 g/mol. The molecular formula is C12H23N5O. The summed E-state index contributed by atoms with van der Waals surface area (Å²) in [6, 6.07) is 0. The number of nitrogen functional groups attached to an aromatic ring is 1. The third kappa shape index (κ3) is 5.18. The summed E-state index contributed by atoms with van der Waals surface area (Å²) in [5.74, 6) is -0.0300. The molecule has 6 nitrogen and oxygen atoms in total. The van der Waals surface area contributed by atoms with Crippen molar-refractivity contribution < 1.29 is 4.79 Å². The van der Waals surface area contributed by atoms with Gasteiger partial charge < -0.3 is 16.0 Å². The predicted octanol–water partition coefficient (Wildman–Crippen LogP) is 0.313. The number of nitrogens with zero attached hydrogens (tertiary/aromatic N) is 3. The van der Waals surface area contributed by atoms with Crippen LogP contribution in [0.2, 0.25) is 0 Å². The SMILES string of the molecule is CCN(CC)CCCNC(=O)Cn1cc(N)cn1. The maximum atomic E-state index is 11.6. The van der Waals surface area contributed by atoms with Crippen molar-refractivity contribution in [1.82, 2.24) is 20.0 Å². The lowest BCUT2D eigenvalue weighted by molar-refractivity contribution is -0.121. The van der Waals surface area contributed by atoms with Gasteiger partial charge in [0, 0.05) is 12.7 Å². The van der Waals surface area contributed by atoms with E-state index in [4.69, 9.17) is 5.73 Å². The van der Waals surface area contributed by atoms with E-state index in [0.717, 1.165) is 26.1 Å². The van der Waals surface area contributed by atoms with Gasteiger partial charge in [-0.3, -0.25) is 9.48 Å². The Morgan fingerprint density at radius 2 is 2.22 bits per heavy atom. The molecule has 0 saturated heterocycles. The van der Waals surface area contributed by atoms with Crippen LogP contribution in [0.5, 0.6) is 0 Å². The number of amides is 1. The van der Waals surface area contributed by atoms with E-state index in [9.17, 15) is 4.79 Å². The lowest BCUT2D eigenvalue weighted by Crippen LogP contribution is -2.31. The van der Waals surface area contributed by atoms with Crippen LogP contribution in [0.4, 0.5) is 5.69 Å². The summed E-state index contributed by atoms with van der Waals surface area (Å²) in [6.07, 6.45) is 4.15. The van der Waals surface area contributed by atoms with E-state index < -0.39 is 0 Å². The third-order valence-electron chi connectivity index (χ3n) is 2.83. The van der Waals surface area contributed by atoms with Crippen LogP contribution in [0.15, 0.2) is 12.4 Å². The fraction of sp³-hybridized carbons (Fsp3) is 0.667. The van der Waals surface area contributed by atoms with Gasteiger partial charge in [0.25, 0.3) is 0 Å². The first-order chi connectivity index (χ1) is 8.65. The van der Waals surface area contributed by atoms with Gasteiger partial charge in [0.05, 0.1) is 11.9 Å². The van der Waals surface area contributed by atoms with Crippen LogP contribution in [0.1, 0.15) is 20.3 Å². The molecule has 18 heavy (non-hydrogen) atoms. The van der Waals surface area contributed by atoms with Gasteiger partial charge in [-0.05, 0) is 26.1 Å². The molecular weight excluding hydrogens is 230 g/mol. The Hall–Kier alpha value is -1.56. The molecule has 0 unspecified atom stereocenters. The molecule has 3 N–H and O–H groups in total. The minimum atomic E-state index is -0.0300. The topological polar surface area (TPSA) is 76.2 Å². The van der Waals surface area contributed by atoms with Crippen LogP contribution < -0.4 is 11.1 Å². The van der Waals surface area contributed by atoms with E-state index in [0.29, 0.717) is 12.2 Å². The Bertz CT molecular complexity index is 359. The van der Waals surface area contributed by atoms with E-state index in [2.05, 4.69) is 29.2 Å². The predicted molar refractivity (Wildman–Crippen MR) is 72.1 cm³/mol. The zero-order chi connectivity index (χ0) is 13.4. The molecule has 1 aromatic heterocycles. The Labute approximate surface area is 108 Å². The summed E-state index contributed by atoms with van der Waals surface area (Å²) in [5.41, 5.74) is 6.09. The van der Waals surface area contributed by atoms with Gasteiger partial charge in [0.15, 0.2) is 0 Å². The van der Waals surface area contributed by atoms with Crippen LogP contribution in [0.3, 0.4) is 0 Å². The second-order valence-electron chi connectivity index (χ2n) is 4.20. The van der Waals surface area contributed by atoms with Crippen LogP contribution >= 0.6 is 0 Å². The molecule has 0 spiro atoms. The van der Waals surface area contributed by atoms with Crippen molar-refractivity contribution in [3.05, 3.63) is 12.4 Å². The van der Waals surface area contributed by atoms with Gasteiger partial charge in [0.1, 0.15) is 6.54 Å². The van der Waals surface area contributed by atoms with Crippen molar-refractivity contribution in [2.24, 2.45) is 0 Å². The standard InChI is InChI=1S/C12H23N5O/c1-3-16(4-2)7-5-6-14-12(18)10-17-9-11(13)8-15-17/h8-9H,3-7,10,13H2,1-2H3,(H,14,18). The first-order valence-corrected chi connectivity index (χ1v) is 6.42. The molecule has 0 aliphatic rings. The first kappa shape index (κ1) is 14.5. The zero-order valence-electron chi connectivity index (χ0n) is 11.2. The van der Waals surface area contributed by atoms with Crippen molar-refractivity contribution >= 4 is 11.6 Å². The molecule has 0 radical (unpaired) electrons. The van der Waals surface area contributed by atoms with Gasteiger partial charge in [0.2, 0.25) is 5.91 Å². The van der Waals surface area contributed by atoms with E-state index in [1.165, 1.54) is 10.9 Å². The first-order valence-electron chi connectivity index (χ1n) is 6.42. The number of aromatic nitrogens is 2. The van der Waals surface area contributed by atoms with Crippen LogP contribution in [-0.4, -0.2) is 46.8 Å². The maximum Gasteiger partial charge on any atom is 0.241 e. The number of nitrogens with one attached hydrogen (secondary N) is 1. The fourth-order valence-corrected chi connectivity index (χ4v) is 1.74. The summed E-state index contributed by atoms with van der Waals surface area (Å²) in [4.78, 5) is 13.9. The summed E-state index contributed by atoms with van der Waals surface area (Å²) in [7, 11) is 0. The molecule has 0 aromatic carbocycles. The number of rotatable bonds is 8. The quantitative estimate of drug-likeness (QED) is 0.654. The minimum absolute atomic E-state index is 0.0300. The number of hydrogen-bond donors (Lipinski definition) is 2. The Morgan fingerprint density at radius 3 is 2.78 bits per heavy atom. The van der Waals surface area contributed by atoms with Gasteiger partial charge >= 0.3 is 0 Å². The second kappa shape index (κ2) is 7.71. The number of carbonyl (C=O) groups is 1. The highest BCUT2D eigenvalue weighted by atomic mass is 16.2. The molecule has 1 heterocycles. The highest BCUT2D eigenvalue weighted by Gasteiger charge is 2.04. The van der Waals surface area contributed by atoms with Crippen molar-refractivity contribution in [3.63, 3.8) is 0 Å². The maximum absolute atomic E-state index is 11.6. The Morgan fingerprint density at radius 1 is 1.50 bits per heavy atom. The number of carbonyl (C=O) groups excluding carboxylic acids is 1. The molecule has 0 saturated carbocycles.